The van der Waals surface area contributed by atoms with Crippen LogP contribution in [0.2, 0.25) is 0 Å². The Balaban J connectivity index is 0.00000169. The molecule has 3 aliphatic rings. The third-order valence-corrected chi connectivity index (χ3v) is 10.2. The minimum absolute atomic E-state index is 0. The summed E-state index contributed by atoms with van der Waals surface area (Å²) in [5, 5.41) is 0. The molecule has 24 heavy (non-hydrogen) atoms. The Bertz CT molecular complexity index is 616. The number of rotatable bonds is 2. The third-order valence-electron chi connectivity index (χ3n) is 7.72. The molecule has 0 saturated heterocycles. The van der Waals surface area contributed by atoms with Crippen LogP contribution in [0.4, 0.5) is 0 Å². The fourth-order valence-corrected chi connectivity index (χ4v) is 8.60. The van der Waals surface area contributed by atoms with Gasteiger partial charge in [-0.2, -0.15) is 0 Å². The Hall–Kier alpha value is 0.854. The predicted molar refractivity (Wildman–Crippen MR) is 107 cm³/mol. The molecule has 1 aromatic rings. The van der Waals surface area contributed by atoms with Gasteiger partial charge in [0.25, 0.3) is 0 Å². The number of methoxy groups -OCH3 is 1. The van der Waals surface area contributed by atoms with Crippen molar-refractivity contribution in [1.29, 1.82) is 0 Å². The number of hydrogen-bond acceptors (Lipinski definition) is 1. The first-order valence-electron chi connectivity index (χ1n) is 9.34. The van der Waals surface area contributed by atoms with Crippen molar-refractivity contribution in [3.8, 4) is 5.75 Å². The molecule has 1 nitrogen and oxygen atoms in total. The molecule has 0 spiro atoms. The molecule has 3 unspecified atom stereocenters. The van der Waals surface area contributed by atoms with E-state index in [0.29, 0.717) is 5.41 Å². The normalized spacial score (nSPS) is 37.2. The summed E-state index contributed by atoms with van der Waals surface area (Å²) in [4.78, 5) is 2.41. The van der Waals surface area contributed by atoms with E-state index in [9.17, 15) is 0 Å². The number of benzene rings is 1. The zero-order valence-corrected chi connectivity index (χ0v) is 20.8. The summed E-state index contributed by atoms with van der Waals surface area (Å²) < 4.78 is 7.28. The summed E-state index contributed by atoms with van der Waals surface area (Å²) in [5.41, 5.74) is 4.04. The second-order valence-corrected chi connectivity index (χ2v) is 10.6. The van der Waals surface area contributed by atoms with E-state index in [4.69, 9.17) is 4.74 Å². The number of hydrogen-bond donors (Lipinski definition) is 0. The van der Waals surface area contributed by atoms with E-state index in [0.717, 1.165) is 23.7 Å². The summed E-state index contributed by atoms with van der Waals surface area (Å²) >= 11 is -0.100. The summed E-state index contributed by atoms with van der Waals surface area (Å²) in [6, 6.07) is 4.70. The topological polar surface area (TPSA) is 9.23 Å². The molecule has 4 rings (SSSR count). The van der Waals surface area contributed by atoms with Crippen LogP contribution in [0, 0.1) is 26.7 Å². The molecule has 0 N–H and O–H groups in total. The SMILES string of the molecule is COc1ccc2c(c1[IH]C)CCC1C2CC[C@@]2(C)C1CC[C@@H]2C.[Y]. The van der Waals surface area contributed by atoms with Crippen LogP contribution in [-0.4, -0.2) is 12.0 Å². The average molecular weight is 515 g/mol. The molecule has 0 bridgehead atoms. The Morgan fingerprint density at radius 2 is 1.96 bits per heavy atom. The molecule has 131 valence electrons. The number of ether oxygens (including phenoxy) is 1. The molecule has 3 aliphatic carbocycles. The van der Waals surface area contributed by atoms with Gasteiger partial charge in [-0.25, -0.2) is 0 Å². The third kappa shape index (κ3) is 2.85. The first-order chi connectivity index (χ1) is 11.1. The van der Waals surface area contributed by atoms with Gasteiger partial charge >= 0.3 is 152 Å². The Labute approximate surface area is 183 Å². The molecule has 2 fully saturated rings. The Morgan fingerprint density at radius 1 is 1.17 bits per heavy atom. The second kappa shape index (κ2) is 7.46. The van der Waals surface area contributed by atoms with Gasteiger partial charge in [-0.15, -0.1) is 0 Å². The number of fused-ring (bicyclic) bond motifs is 5. The number of alkyl halides is 1. The van der Waals surface area contributed by atoms with E-state index in [-0.39, 0.29) is 53.9 Å². The van der Waals surface area contributed by atoms with Crippen molar-refractivity contribution >= 4 is 21.2 Å². The van der Waals surface area contributed by atoms with Crippen LogP contribution in [0.15, 0.2) is 12.1 Å². The van der Waals surface area contributed by atoms with Gasteiger partial charge in [-0.05, 0) is 0 Å². The summed E-state index contributed by atoms with van der Waals surface area (Å²) in [6.45, 7) is 5.13. The fourth-order valence-electron chi connectivity index (χ4n) is 6.26. The molecule has 3 heteroatoms. The van der Waals surface area contributed by atoms with Crippen LogP contribution >= 0.6 is 21.2 Å². The van der Waals surface area contributed by atoms with E-state index in [1.165, 1.54) is 44.3 Å². The molecular weight excluding hydrogens is 484 g/mol. The van der Waals surface area contributed by atoms with Crippen molar-refractivity contribution in [2.45, 2.75) is 58.3 Å². The second-order valence-electron chi connectivity index (χ2n) is 8.31. The maximum absolute atomic E-state index is 5.67. The van der Waals surface area contributed by atoms with Crippen LogP contribution in [0.1, 0.15) is 63.0 Å². The van der Waals surface area contributed by atoms with E-state index < -0.39 is 0 Å². The van der Waals surface area contributed by atoms with Crippen LogP contribution in [-0.2, 0) is 39.1 Å². The maximum Gasteiger partial charge on any atom is 0 e. The van der Waals surface area contributed by atoms with Crippen LogP contribution < -0.4 is 4.74 Å². The van der Waals surface area contributed by atoms with Gasteiger partial charge in [0, 0.05) is 32.7 Å². The molecule has 1 radical (unpaired) electrons. The van der Waals surface area contributed by atoms with Crippen molar-refractivity contribution in [3.05, 3.63) is 26.8 Å². The van der Waals surface area contributed by atoms with E-state index in [2.05, 4.69) is 30.9 Å². The van der Waals surface area contributed by atoms with Crippen LogP contribution in [0.25, 0.3) is 0 Å². The van der Waals surface area contributed by atoms with Crippen LogP contribution in [0.5, 0.6) is 5.75 Å². The molecule has 0 aromatic heterocycles. The van der Waals surface area contributed by atoms with Crippen molar-refractivity contribution in [2.24, 2.45) is 23.2 Å². The fraction of sp³-hybridized carbons (Fsp3) is 0.714. The molecule has 5 atom stereocenters. The van der Waals surface area contributed by atoms with Gasteiger partial charge < -0.3 is 0 Å². The van der Waals surface area contributed by atoms with Gasteiger partial charge in [0.15, 0.2) is 0 Å². The standard InChI is InChI=1S/C21H31IO.Y/c1-13-5-9-18-16-6-7-17-14(15(16)11-12-21(13,18)2)8-10-19(23-4)20(17)22-3;/h8,10,13,15-16,18,22H,5-7,9,11-12H2,1-4H3;/t13-,15?,16?,18?,21+;/m0./s1. The van der Waals surface area contributed by atoms with Crippen molar-refractivity contribution in [2.75, 3.05) is 12.0 Å². The van der Waals surface area contributed by atoms with Crippen molar-refractivity contribution in [3.63, 3.8) is 0 Å². The molecular formula is C21H31IOY. The van der Waals surface area contributed by atoms with E-state index in [1.54, 1.807) is 14.7 Å². The minimum atomic E-state index is -0.100. The smallest absolute Gasteiger partial charge is 0 e. The van der Waals surface area contributed by atoms with Crippen molar-refractivity contribution < 1.29 is 37.4 Å². The summed E-state index contributed by atoms with van der Waals surface area (Å²) in [5.74, 6) is 4.87. The molecule has 1 aromatic carbocycles. The van der Waals surface area contributed by atoms with E-state index in [1.807, 2.05) is 7.11 Å². The zero-order chi connectivity index (χ0) is 16.2. The van der Waals surface area contributed by atoms with Crippen LogP contribution in [0.3, 0.4) is 0 Å². The summed E-state index contributed by atoms with van der Waals surface area (Å²) in [7, 11) is 1.84. The molecule has 0 aliphatic heterocycles. The monoisotopic (exact) mass is 515 g/mol. The first-order valence-corrected chi connectivity index (χ1v) is 12.8. The Kier molecular flexibility index (Phi) is 6.10. The predicted octanol–water partition coefficient (Wildman–Crippen LogP) is 5.69. The van der Waals surface area contributed by atoms with Gasteiger partial charge in [-0.3, -0.25) is 0 Å². The van der Waals surface area contributed by atoms with Crippen molar-refractivity contribution in [1.82, 2.24) is 0 Å². The van der Waals surface area contributed by atoms with Gasteiger partial charge in [0.1, 0.15) is 0 Å². The minimum Gasteiger partial charge on any atom is 0 e. The van der Waals surface area contributed by atoms with Gasteiger partial charge in [0.2, 0.25) is 0 Å². The number of halogens is 1. The average Bonchev–Trinajstić information content (AvgIpc) is 2.88. The quantitative estimate of drug-likeness (QED) is 0.364. The first kappa shape index (κ1) is 19.6. The van der Waals surface area contributed by atoms with Gasteiger partial charge in [0.05, 0.1) is 0 Å². The molecule has 0 amide bonds. The maximum atomic E-state index is 5.67. The molecule has 0 heterocycles. The zero-order valence-electron chi connectivity index (χ0n) is 15.6. The van der Waals surface area contributed by atoms with E-state index >= 15 is 0 Å². The Morgan fingerprint density at radius 3 is 2.67 bits per heavy atom. The van der Waals surface area contributed by atoms with Gasteiger partial charge in [-0.1, -0.05) is 0 Å². The largest absolute Gasteiger partial charge is 0 e. The molecule has 2 saturated carbocycles. The summed E-state index contributed by atoms with van der Waals surface area (Å²) in [6.07, 6.45) is 8.56.